The lowest BCUT2D eigenvalue weighted by atomic mass is 9.95. The summed E-state index contributed by atoms with van der Waals surface area (Å²) in [4.78, 5) is 24.7. The fourth-order valence-corrected chi connectivity index (χ4v) is 2.64. The third-order valence-corrected chi connectivity index (χ3v) is 4.46. The van der Waals surface area contributed by atoms with Crippen LogP contribution in [0.1, 0.15) is 27.7 Å². The molecule has 1 aromatic heterocycles. The number of benzene rings is 1. The zero-order valence-corrected chi connectivity index (χ0v) is 14.9. The number of hydroxylamine groups is 1. The first-order chi connectivity index (χ1) is 12.8. The average molecular weight is 394 g/mol. The molecule has 0 spiro atoms. The highest BCUT2D eigenvalue weighted by atomic mass is 32.1. The molecule has 9 heteroatoms. The topological polar surface area (TPSA) is 98.7 Å². The van der Waals surface area contributed by atoms with Crippen LogP contribution in [0.2, 0.25) is 0 Å². The number of amides is 2. The van der Waals surface area contributed by atoms with E-state index in [0.717, 1.165) is 10.4 Å². The molecule has 0 radical (unpaired) electrons. The smallest absolute Gasteiger partial charge is 0.269 e. The van der Waals surface area contributed by atoms with Crippen molar-refractivity contribution in [3.05, 3.63) is 57.8 Å². The number of hydrogen-bond acceptors (Lipinski definition) is 5. The number of thiophene rings is 1. The summed E-state index contributed by atoms with van der Waals surface area (Å²) in [6.45, 7) is 0.682. The first-order valence-corrected chi connectivity index (χ1v) is 8.54. The normalized spacial score (nSPS) is 13.9. The van der Waals surface area contributed by atoms with Crippen molar-refractivity contribution in [3.8, 4) is 11.8 Å². The molecular weight excluding hydrogens is 378 g/mol. The molecule has 2 atom stereocenters. The largest absolute Gasteiger partial charge is 0.381 e. The third-order valence-electron chi connectivity index (χ3n) is 3.67. The van der Waals surface area contributed by atoms with Crippen LogP contribution in [0.5, 0.6) is 0 Å². The zero-order chi connectivity index (χ0) is 20.0. The number of carbonyl (C=O) groups is 2. The lowest BCUT2D eigenvalue weighted by molar-refractivity contribution is -0.149. The van der Waals surface area contributed by atoms with Crippen LogP contribution in [0.25, 0.3) is 0 Å². The van der Waals surface area contributed by atoms with Gasteiger partial charge in [0.05, 0.1) is 4.88 Å². The Labute approximate surface area is 157 Å². The van der Waals surface area contributed by atoms with Gasteiger partial charge in [0.25, 0.3) is 18.2 Å². The van der Waals surface area contributed by atoms with Crippen molar-refractivity contribution >= 4 is 23.2 Å². The highest BCUT2D eigenvalue weighted by Gasteiger charge is 2.46. The molecule has 4 N–H and O–H groups in total. The van der Waals surface area contributed by atoms with Gasteiger partial charge in [-0.1, -0.05) is 17.9 Å². The van der Waals surface area contributed by atoms with Crippen molar-refractivity contribution in [1.29, 1.82) is 0 Å². The van der Waals surface area contributed by atoms with E-state index in [2.05, 4.69) is 11.8 Å². The van der Waals surface area contributed by atoms with Gasteiger partial charge in [-0.05, 0) is 42.6 Å². The van der Waals surface area contributed by atoms with Crippen molar-refractivity contribution < 1.29 is 28.7 Å². The SMILES string of the molecule is CC(O)(C(F)F)C(NC(=O)c1ccc(C#Cc2cccs2)cc1)C(=O)NO. The van der Waals surface area contributed by atoms with E-state index in [9.17, 15) is 23.5 Å². The Kier molecular flexibility index (Phi) is 6.63. The number of alkyl halides is 2. The summed E-state index contributed by atoms with van der Waals surface area (Å²) in [5.41, 5.74) is -1.03. The molecule has 2 aromatic rings. The van der Waals surface area contributed by atoms with Crippen LogP contribution in [-0.2, 0) is 4.79 Å². The zero-order valence-electron chi connectivity index (χ0n) is 14.1. The molecule has 1 heterocycles. The number of aliphatic hydroxyl groups is 1. The number of rotatable bonds is 5. The summed E-state index contributed by atoms with van der Waals surface area (Å²) < 4.78 is 26.0. The fraction of sp³-hybridized carbons (Fsp3) is 0.222. The van der Waals surface area contributed by atoms with Crippen LogP contribution in [0.15, 0.2) is 41.8 Å². The van der Waals surface area contributed by atoms with Crippen LogP contribution in [0, 0.1) is 11.8 Å². The lowest BCUT2D eigenvalue weighted by Crippen LogP contribution is -2.61. The van der Waals surface area contributed by atoms with Gasteiger partial charge < -0.3 is 10.4 Å². The molecule has 27 heavy (non-hydrogen) atoms. The van der Waals surface area contributed by atoms with E-state index in [1.807, 2.05) is 22.8 Å². The van der Waals surface area contributed by atoms with Gasteiger partial charge in [-0.15, -0.1) is 11.3 Å². The van der Waals surface area contributed by atoms with E-state index < -0.39 is 29.9 Å². The molecule has 0 aliphatic heterocycles. The van der Waals surface area contributed by atoms with Gasteiger partial charge in [0.2, 0.25) is 0 Å². The predicted molar refractivity (Wildman–Crippen MR) is 94.6 cm³/mol. The standard InChI is InChI=1S/C18H16F2N2O4S/c1-18(25,17(19)20)14(16(24)22-26)21-15(23)12-7-4-11(5-8-12)6-9-13-3-2-10-27-13/h2-5,7-8,10,14,17,25-26H,1H3,(H,21,23)(H,22,24). The van der Waals surface area contributed by atoms with E-state index in [4.69, 9.17) is 5.21 Å². The van der Waals surface area contributed by atoms with Crippen LogP contribution < -0.4 is 10.8 Å². The highest BCUT2D eigenvalue weighted by molar-refractivity contribution is 7.10. The average Bonchev–Trinajstić information content (AvgIpc) is 3.17. The minimum atomic E-state index is -3.34. The third kappa shape index (κ3) is 5.10. The van der Waals surface area contributed by atoms with Crippen molar-refractivity contribution in [2.24, 2.45) is 0 Å². The molecule has 2 unspecified atom stereocenters. The van der Waals surface area contributed by atoms with Gasteiger partial charge in [-0.2, -0.15) is 0 Å². The molecule has 2 amide bonds. The molecule has 6 nitrogen and oxygen atoms in total. The Bertz CT molecular complexity index is 856. The van der Waals surface area contributed by atoms with Gasteiger partial charge in [0.1, 0.15) is 6.04 Å². The molecule has 0 saturated carbocycles. The van der Waals surface area contributed by atoms with Crippen LogP contribution >= 0.6 is 11.3 Å². The Morgan fingerprint density at radius 2 is 1.85 bits per heavy atom. The maximum atomic E-state index is 13.0. The quantitative estimate of drug-likeness (QED) is 0.353. The minimum absolute atomic E-state index is 0.0671. The van der Waals surface area contributed by atoms with Crippen LogP contribution in [0.3, 0.4) is 0 Å². The number of halogens is 2. The Balaban J connectivity index is 2.15. The summed E-state index contributed by atoms with van der Waals surface area (Å²) in [6.07, 6.45) is -3.34. The second-order valence-electron chi connectivity index (χ2n) is 5.71. The molecule has 142 valence electrons. The van der Waals surface area contributed by atoms with Crippen molar-refractivity contribution in [1.82, 2.24) is 10.8 Å². The van der Waals surface area contributed by atoms with Crippen molar-refractivity contribution in [3.63, 3.8) is 0 Å². The summed E-state index contributed by atoms with van der Waals surface area (Å²) in [6, 6.07) is 7.59. The molecule has 0 fully saturated rings. The molecule has 0 saturated heterocycles. The Morgan fingerprint density at radius 3 is 2.37 bits per heavy atom. The van der Waals surface area contributed by atoms with E-state index in [-0.39, 0.29) is 5.56 Å². The molecule has 2 rings (SSSR count). The molecule has 0 aliphatic carbocycles. The Hall–Kier alpha value is -2.80. The predicted octanol–water partition coefficient (Wildman–Crippen LogP) is 1.77. The van der Waals surface area contributed by atoms with E-state index in [0.29, 0.717) is 12.5 Å². The Morgan fingerprint density at radius 1 is 1.19 bits per heavy atom. The summed E-state index contributed by atoms with van der Waals surface area (Å²) in [5, 5.41) is 22.4. The van der Waals surface area contributed by atoms with Gasteiger partial charge >= 0.3 is 0 Å². The number of nitrogens with one attached hydrogen (secondary N) is 2. The molecule has 0 aliphatic rings. The van der Waals surface area contributed by atoms with Gasteiger partial charge in [0, 0.05) is 11.1 Å². The minimum Gasteiger partial charge on any atom is -0.381 e. The van der Waals surface area contributed by atoms with Gasteiger partial charge in [-0.3, -0.25) is 14.8 Å². The second-order valence-corrected chi connectivity index (χ2v) is 6.66. The lowest BCUT2D eigenvalue weighted by Gasteiger charge is -2.30. The van der Waals surface area contributed by atoms with E-state index in [1.54, 1.807) is 12.1 Å². The first-order valence-electron chi connectivity index (χ1n) is 7.66. The van der Waals surface area contributed by atoms with Crippen molar-refractivity contribution in [2.45, 2.75) is 25.0 Å². The molecular formula is C18H16F2N2O4S. The fourth-order valence-electron chi connectivity index (χ4n) is 2.07. The van der Waals surface area contributed by atoms with Crippen LogP contribution in [-0.4, -0.2) is 40.2 Å². The number of hydrogen-bond donors (Lipinski definition) is 4. The second kappa shape index (κ2) is 8.73. The monoisotopic (exact) mass is 394 g/mol. The van der Waals surface area contributed by atoms with E-state index in [1.165, 1.54) is 23.5 Å². The summed E-state index contributed by atoms with van der Waals surface area (Å²) in [5.74, 6) is 3.62. The van der Waals surface area contributed by atoms with Gasteiger partial charge in [0.15, 0.2) is 5.60 Å². The molecule has 0 bridgehead atoms. The molecule has 1 aromatic carbocycles. The number of carbonyl (C=O) groups excluding carboxylic acids is 2. The van der Waals surface area contributed by atoms with Crippen molar-refractivity contribution in [2.75, 3.05) is 0 Å². The van der Waals surface area contributed by atoms with Gasteiger partial charge in [-0.25, -0.2) is 14.3 Å². The van der Waals surface area contributed by atoms with E-state index >= 15 is 0 Å². The maximum absolute atomic E-state index is 13.0. The summed E-state index contributed by atoms with van der Waals surface area (Å²) >= 11 is 1.49. The first kappa shape index (κ1) is 20.5. The highest BCUT2D eigenvalue weighted by Crippen LogP contribution is 2.20. The maximum Gasteiger partial charge on any atom is 0.269 e. The summed E-state index contributed by atoms with van der Waals surface area (Å²) in [7, 11) is 0. The van der Waals surface area contributed by atoms with Crippen LogP contribution in [0.4, 0.5) is 8.78 Å².